The summed E-state index contributed by atoms with van der Waals surface area (Å²) >= 11 is 0. The van der Waals surface area contributed by atoms with Crippen molar-refractivity contribution in [3.8, 4) is 0 Å². The van der Waals surface area contributed by atoms with E-state index in [9.17, 15) is 30.8 Å². The molecule has 0 aromatic heterocycles. The third-order valence-corrected chi connectivity index (χ3v) is 4.04. The fourth-order valence-electron chi connectivity index (χ4n) is 1.79. The molecule has 0 aliphatic heterocycles. The van der Waals surface area contributed by atoms with Crippen molar-refractivity contribution in [1.82, 2.24) is 0 Å². The Bertz CT molecular complexity index is 525. The third-order valence-electron chi connectivity index (χ3n) is 3.03. The predicted molar refractivity (Wildman–Crippen MR) is 63.0 cm³/mol. The fourth-order valence-corrected chi connectivity index (χ4v) is 2.31. The molecule has 1 rings (SSSR count). The van der Waals surface area contributed by atoms with Crippen LogP contribution in [0.4, 0.5) is 17.6 Å². The van der Waals surface area contributed by atoms with Crippen LogP contribution >= 0.6 is 0 Å². The first kappa shape index (κ1) is 17.7. The highest BCUT2D eigenvalue weighted by Gasteiger charge is 2.50. The van der Waals surface area contributed by atoms with E-state index in [0.29, 0.717) is 0 Å². The van der Waals surface area contributed by atoms with Gasteiger partial charge in [-0.25, -0.2) is 4.39 Å². The molecule has 5 nitrogen and oxygen atoms in total. The lowest BCUT2D eigenvalue weighted by molar-refractivity contribution is -0.157. The summed E-state index contributed by atoms with van der Waals surface area (Å²) in [5.74, 6) is -1.26. The van der Waals surface area contributed by atoms with Gasteiger partial charge in [-0.3, -0.25) is 4.79 Å². The number of esters is 1. The van der Waals surface area contributed by atoms with E-state index in [2.05, 4.69) is 4.18 Å². The first-order chi connectivity index (χ1) is 9.58. The smallest absolute Gasteiger partial charge is 0.465 e. The zero-order valence-corrected chi connectivity index (χ0v) is 11.9. The SMILES string of the molecule is CCOC(=O)C1(CF)CC=C(OS(=O)(=O)C(F)(F)F)CC1. The molecule has 0 bridgehead atoms. The van der Waals surface area contributed by atoms with Gasteiger partial charge in [0.2, 0.25) is 0 Å². The average molecular weight is 334 g/mol. The molecule has 0 fully saturated rings. The van der Waals surface area contributed by atoms with Crippen LogP contribution in [0.1, 0.15) is 26.2 Å². The highest BCUT2D eigenvalue weighted by Crippen LogP contribution is 2.39. The van der Waals surface area contributed by atoms with Crippen LogP contribution < -0.4 is 0 Å². The quantitative estimate of drug-likeness (QED) is 0.334. The normalized spacial score (nSPS) is 23.4. The van der Waals surface area contributed by atoms with Crippen molar-refractivity contribution in [3.63, 3.8) is 0 Å². The van der Waals surface area contributed by atoms with E-state index in [1.54, 1.807) is 0 Å². The van der Waals surface area contributed by atoms with Gasteiger partial charge in [-0.1, -0.05) is 0 Å². The molecule has 0 saturated carbocycles. The molecule has 0 N–H and O–H groups in total. The maximum absolute atomic E-state index is 13.1. The van der Waals surface area contributed by atoms with Gasteiger partial charge in [0.15, 0.2) is 0 Å². The second-order valence-electron chi connectivity index (χ2n) is 4.49. The third kappa shape index (κ3) is 3.86. The molecule has 21 heavy (non-hydrogen) atoms. The number of hydrogen-bond donors (Lipinski definition) is 0. The monoisotopic (exact) mass is 334 g/mol. The molecular weight excluding hydrogens is 320 g/mol. The van der Waals surface area contributed by atoms with E-state index in [0.717, 1.165) is 6.08 Å². The summed E-state index contributed by atoms with van der Waals surface area (Å²) < 4.78 is 79.9. The summed E-state index contributed by atoms with van der Waals surface area (Å²) in [5, 5.41) is 0. The van der Waals surface area contributed by atoms with Gasteiger partial charge < -0.3 is 8.92 Å². The highest BCUT2D eigenvalue weighted by molar-refractivity contribution is 7.87. The van der Waals surface area contributed by atoms with Crippen LogP contribution in [0.15, 0.2) is 11.8 Å². The number of carbonyl (C=O) groups is 1. The van der Waals surface area contributed by atoms with Crippen LogP contribution in [-0.4, -0.2) is 33.2 Å². The zero-order valence-electron chi connectivity index (χ0n) is 11.1. The Balaban J connectivity index is 2.85. The Kier molecular flexibility index (Phi) is 5.24. The maximum Gasteiger partial charge on any atom is 0.534 e. The molecule has 0 heterocycles. The molecule has 0 amide bonds. The standard InChI is InChI=1S/C11H14F4O5S/c1-2-19-9(16)10(7-12)5-3-8(4-6-10)20-21(17,18)11(13,14)15/h3H,2,4-7H2,1H3. The van der Waals surface area contributed by atoms with Crippen LogP contribution in [0.5, 0.6) is 0 Å². The summed E-state index contributed by atoms with van der Waals surface area (Å²) in [6.45, 7) is 0.519. The topological polar surface area (TPSA) is 69.7 Å². The van der Waals surface area contributed by atoms with Crippen molar-refractivity contribution in [2.75, 3.05) is 13.3 Å². The Labute approximate surface area is 119 Å². The highest BCUT2D eigenvalue weighted by atomic mass is 32.2. The van der Waals surface area contributed by atoms with Crippen molar-refractivity contribution in [2.24, 2.45) is 5.41 Å². The largest absolute Gasteiger partial charge is 0.534 e. The van der Waals surface area contributed by atoms with Gasteiger partial charge in [0.05, 0.1) is 6.61 Å². The van der Waals surface area contributed by atoms with Gasteiger partial charge in [0.1, 0.15) is 17.8 Å². The number of allylic oxidation sites excluding steroid dienone is 2. The summed E-state index contributed by atoms with van der Waals surface area (Å²) in [7, 11) is -5.75. The predicted octanol–water partition coefficient (Wildman–Crippen LogP) is 2.44. The lowest BCUT2D eigenvalue weighted by atomic mass is 9.77. The van der Waals surface area contributed by atoms with Crippen molar-refractivity contribution in [1.29, 1.82) is 0 Å². The Hall–Kier alpha value is -1.32. The van der Waals surface area contributed by atoms with Crippen molar-refractivity contribution in [2.45, 2.75) is 31.7 Å². The van der Waals surface area contributed by atoms with Crippen LogP contribution in [-0.2, 0) is 23.8 Å². The molecule has 0 aromatic rings. The fraction of sp³-hybridized carbons (Fsp3) is 0.727. The van der Waals surface area contributed by atoms with Crippen LogP contribution in [0, 0.1) is 5.41 Å². The van der Waals surface area contributed by atoms with Gasteiger partial charge in [0.25, 0.3) is 0 Å². The molecule has 1 aliphatic rings. The first-order valence-corrected chi connectivity index (χ1v) is 7.42. The number of alkyl halides is 4. The number of halogens is 4. The van der Waals surface area contributed by atoms with Crippen molar-refractivity contribution >= 4 is 16.1 Å². The van der Waals surface area contributed by atoms with E-state index in [1.165, 1.54) is 6.92 Å². The average Bonchev–Trinajstić information content (AvgIpc) is 2.38. The van der Waals surface area contributed by atoms with Crippen LogP contribution in [0.25, 0.3) is 0 Å². The minimum absolute atomic E-state index is 0.0378. The lowest BCUT2D eigenvalue weighted by Gasteiger charge is -2.31. The van der Waals surface area contributed by atoms with E-state index >= 15 is 0 Å². The molecule has 1 atom stereocenters. The van der Waals surface area contributed by atoms with Crippen LogP contribution in [0.2, 0.25) is 0 Å². The Morgan fingerprint density at radius 2 is 2.05 bits per heavy atom. The minimum Gasteiger partial charge on any atom is -0.465 e. The number of hydrogen-bond acceptors (Lipinski definition) is 5. The maximum atomic E-state index is 13.1. The van der Waals surface area contributed by atoms with Crippen molar-refractivity contribution in [3.05, 3.63) is 11.8 Å². The number of rotatable bonds is 5. The summed E-state index contributed by atoms with van der Waals surface area (Å²) in [6, 6.07) is 0. The molecule has 0 spiro atoms. The molecule has 0 radical (unpaired) electrons. The molecular formula is C11H14F4O5S. The van der Waals surface area contributed by atoms with Gasteiger partial charge in [-0.2, -0.15) is 21.6 Å². The molecule has 1 unspecified atom stereocenters. The summed E-state index contributed by atoms with van der Waals surface area (Å²) in [6.07, 6.45) is 0.188. The van der Waals surface area contributed by atoms with Gasteiger partial charge in [-0.15, -0.1) is 0 Å². The van der Waals surface area contributed by atoms with Gasteiger partial charge >= 0.3 is 21.6 Å². The van der Waals surface area contributed by atoms with Gasteiger partial charge in [-0.05, 0) is 25.8 Å². The second-order valence-corrected chi connectivity index (χ2v) is 6.03. The summed E-state index contributed by atoms with van der Waals surface area (Å²) in [4.78, 5) is 11.7. The van der Waals surface area contributed by atoms with E-state index in [-0.39, 0.29) is 25.9 Å². The summed E-state index contributed by atoms with van der Waals surface area (Å²) in [5.41, 5.74) is -7.03. The lowest BCUT2D eigenvalue weighted by Crippen LogP contribution is -2.37. The zero-order chi connectivity index (χ0) is 16.3. The van der Waals surface area contributed by atoms with E-state index in [1.807, 2.05) is 0 Å². The number of carbonyl (C=O) groups excluding carboxylic acids is 1. The van der Waals surface area contributed by atoms with E-state index in [4.69, 9.17) is 4.74 Å². The Morgan fingerprint density at radius 3 is 2.43 bits per heavy atom. The first-order valence-electron chi connectivity index (χ1n) is 6.01. The molecule has 122 valence electrons. The second kappa shape index (κ2) is 6.20. The molecule has 1 aliphatic carbocycles. The molecule has 0 saturated heterocycles. The van der Waals surface area contributed by atoms with E-state index < -0.39 is 39.4 Å². The van der Waals surface area contributed by atoms with Crippen molar-refractivity contribution < 1.29 is 39.7 Å². The minimum atomic E-state index is -5.75. The number of ether oxygens (including phenoxy) is 1. The van der Waals surface area contributed by atoms with Crippen LogP contribution in [0.3, 0.4) is 0 Å². The molecule has 0 aromatic carbocycles. The Morgan fingerprint density at radius 1 is 1.43 bits per heavy atom. The molecule has 10 heteroatoms. The van der Waals surface area contributed by atoms with Gasteiger partial charge in [0, 0.05) is 6.42 Å².